The van der Waals surface area contributed by atoms with Crippen molar-refractivity contribution in [1.29, 1.82) is 0 Å². The Bertz CT molecular complexity index is 589. The number of methoxy groups -OCH3 is 1. The van der Waals surface area contributed by atoms with Crippen LogP contribution in [0.25, 0.3) is 0 Å². The Kier molecular flexibility index (Phi) is 8.01. The second-order valence-electron chi connectivity index (χ2n) is 4.48. The summed E-state index contributed by atoms with van der Waals surface area (Å²) < 4.78 is 9.68. The van der Waals surface area contributed by atoms with E-state index in [0.29, 0.717) is 0 Å². The minimum absolute atomic E-state index is 0.0827. The standard InChI is InChI=1S/C15H17N2O5Se/c1-10(18)13(14(23)16-8-12(19)21-2)17-15(20)22-9-11-6-4-3-5-7-11/h3-7,13H,8-9H2,1-2H3,(H,17,20)/t13-/m0/s1. The number of nitrogens with one attached hydrogen (secondary N) is 1. The number of ketones is 1. The van der Waals surface area contributed by atoms with Crippen LogP contribution in [-0.4, -0.2) is 58.2 Å². The van der Waals surface area contributed by atoms with Crippen molar-refractivity contribution < 1.29 is 23.9 Å². The molecule has 23 heavy (non-hydrogen) atoms. The first-order chi connectivity index (χ1) is 10.9. The number of aliphatic imine (C=N–C) groups is 1. The van der Waals surface area contributed by atoms with Gasteiger partial charge in [0.25, 0.3) is 0 Å². The Hall–Kier alpha value is -2.18. The number of carbonyl (C=O) groups excluding carboxylic acids is 3. The van der Waals surface area contributed by atoms with Crippen molar-refractivity contribution in [3.05, 3.63) is 35.9 Å². The molecule has 0 aromatic heterocycles. The van der Waals surface area contributed by atoms with E-state index >= 15 is 0 Å². The van der Waals surface area contributed by atoms with E-state index in [1.165, 1.54) is 14.0 Å². The molecule has 1 N–H and O–H groups in total. The number of carbonyl (C=O) groups is 3. The number of Topliss-reactive ketones (excluding diaryl/α,β-unsaturated/α-hetero) is 1. The van der Waals surface area contributed by atoms with Crippen molar-refractivity contribution >= 4 is 38.5 Å². The van der Waals surface area contributed by atoms with E-state index in [2.05, 4.69) is 31.1 Å². The van der Waals surface area contributed by atoms with E-state index in [9.17, 15) is 14.4 Å². The Morgan fingerprint density at radius 3 is 2.48 bits per heavy atom. The fraction of sp³-hybridized carbons (Fsp3) is 0.333. The predicted molar refractivity (Wildman–Crippen MR) is 84.3 cm³/mol. The van der Waals surface area contributed by atoms with Crippen LogP contribution >= 0.6 is 0 Å². The molecule has 0 aliphatic heterocycles. The van der Waals surface area contributed by atoms with Gasteiger partial charge in [-0.3, -0.25) is 0 Å². The molecule has 7 nitrogen and oxygen atoms in total. The summed E-state index contributed by atoms with van der Waals surface area (Å²) in [6.07, 6.45) is -0.755. The van der Waals surface area contributed by atoms with Gasteiger partial charge in [0.05, 0.1) is 0 Å². The van der Waals surface area contributed by atoms with E-state index in [4.69, 9.17) is 4.74 Å². The van der Waals surface area contributed by atoms with Crippen molar-refractivity contribution in [2.24, 2.45) is 4.99 Å². The van der Waals surface area contributed by atoms with Crippen molar-refractivity contribution in [1.82, 2.24) is 5.32 Å². The van der Waals surface area contributed by atoms with Gasteiger partial charge in [-0.15, -0.1) is 0 Å². The third kappa shape index (κ3) is 7.08. The van der Waals surface area contributed by atoms with E-state index in [1.807, 2.05) is 30.3 Å². The van der Waals surface area contributed by atoms with Gasteiger partial charge in [-0.05, 0) is 0 Å². The molecule has 1 rings (SSSR count). The predicted octanol–water partition coefficient (Wildman–Crippen LogP) is 0.610. The number of amides is 1. The average molecular weight is 384 g/mol. The molecule has 0 aliphatic carbocycles. The molecule has 1 radical (unpaired) electrons. The van der Waals surface area contributed by atoms with Gasteiger partial charge in [0.15, 0.2) is 0 Å². The molecule has 1 aromatic rings. The molecule has 0 saturated carbocycles. The average Bonchev–Trinajstić information content (AvgIpc) is 2.55. The summed E-state index contributed by atoms with van der Waals surface area (Å²) in [4.78, 5) is 38.3. The normalized spacial score (nSPS) is 12.2. The molecule has 1 atom stereocenters. The van der Waals surface area contributed by atoms with Crippen LogP contribution in [0.15, 0.2) is 35.3 Å². The van der Waals surface area contributed by atoms with Crippen LogP contribution in [0.2, 0.25) is 0 Å². The monoisotopic (exact) mass is 385 g/mol. The third-order valence-electron chi connectivity index (χ3n) is 2.72. The molecule has 0 unspecified atom stereocenters. The zero-order valence-corrected chi connectivity index (χ0v) is 14.5. The zero-order chi connectivity index (χ0) is 17.2. The van der Waals surface area contributed by atoms with Crippen molar-refractivity contribution in [2.75, 3.05) is 13.7 Å². The van der Waals surface area contributed by atoms with Crippen LogP contribution in [0.3, 0.4) is 0 Å². The Morgan fingerprint density at radius 1 is 1.26 bits per heavy atom. The maximum absolute atomic E-state index is 11.8. The molecule has 0 spiro atoms. The van der Waals surface area contributed by atoms with Gasteiger partial charge in [0, 0.05) is 0 Å². The fourth-order valence-corrected chi connectivity index (χ4v) is 2.13. The number of benzene rings is 1. The van der Waals surface area contributed by atoms with E-state index in [-0.39, 0.29) is 23.5 Å². The molecular formula is C15H17N2O5Se. The summed E-state index contributed by atoms with van der Waals surface area (Å²) in [5.41, 5.74) is 0.824. The van der Waals surface area contributed by atoms with Crippen LogP contribution in [-0.2, 0) is 25.7 Å². The topological polar surface area (TPSA) is 94.1 Å². The summed E-state index contributed by atoms with van der Waals surface area (Å²) in [6, 6.07) is 8.13. The summed E-state index contributed by atoms with van der Waals surface area (Å²) >= 11 is 2.57. The molecule has 123 valence electrons. The van der Waals surface area contributed by atoms with Gasteiger partial charge >= 0.3 is 142 Å². The zero-order valence-electron chi connectivity index (χ0n) is 12.8. The van der Waals surface area contributed by atoms with Gasteiger partial charge in [0.2, 0.25) is 0 Å². The minimum atomic E-state index is -0.997. The fourth-order valence-electron chi connectivity index (χ4n) is 1.52. The Morgan fingerprint density at radius 2 is 1.91 bits per heavy atom. The first-order valence-electron chi connectivity index (χ1n) is 6.70. The molecule has 0 saturated heterocycles. The number of alkyl carbamates (subject to hydrolysis) is 1. The van der Waals surface area contributed by atoms with Gasteiger partial charge in [-0.2, -0.15) is 0 Å². The van der Waals surface area contributed by atoms with Crippen LogP contribution in [0.4, 0.5) is 4.79 Å². The second kappa shape index (κ2) is 9.76. The van der Waals surface area contributed by atoms with Gasteiger partial charge < -0.3 is 0 Å². The molecule has 0 heterocycles. The number of ether oxygens (including phenoxy) is 2. The second-order valence-corrected chi connectivity index (χ2v) is 5.36. The van der Waals surface area contributed by atoms with Crippen LogP contribution in [0.5, 0.6) is 0 Å². The summed E-state index contributed by atoms with van der Waals surface area (Å²) in [5, 5.41) is 2.40. The molecule has 8 heteroatoms. The van der Waals surface area contributed by atoms with Gasteiger partial charge in [-0.25, -0.2) is 0 Å². The first-order valence-corrected chi connectivity index (χ1v) is 7.55. The number of nitrogens with zero attached hydrogens (tertiary/aromatic N) is 1. The molecule has 0 bridgehead atoms. The number of esters is 1. The van der Waals surface area contributed by atoms with Crippen LogP contribution in [0, 0.1) is 0 Å². The molecule has 0 aliphatic rings. The summed E-state index contributed by atoms with van der Waals surface area (Å²) in [6.45, 7) is 1.13. The Balaban J connectivity index is 2.59. The van der Waals surface area contributed by atoms with Crippen LogP contribution < -0.4 is 5.32 Å². The summed E-state index contributed by atoms with van der Waals surface area (Å²) in [7, 11) is 1.23. The maximum atomic E-state index is 11.8. The van der Waals surface area contributed by atoms with E-state index in [1.54, 1.807) is 0 Å². The van der Waals surface area contributed by atoms with E-state index < -0.39 is 18.1 Å². The van der Waals surface area contributed by atoms with Crippen molar-refractivity contribution in [2.45, 2.75) is 19.6 Å². The Labute approximate surface area is 142 Å². The SMILES string of the molecule is COC(=O)CN=C([Se])[C@@H](NC(=O)OCc1ccccc1)C(C)=O. The van der Waals surface area contributed by atoms with Crippen molar-refractivity contribution in [3.63, 3.8) is 0 Å². The molecule has 1 aromatic carbocycles. The summed E-state index contributed by atoms with van der Waals surface area (Å²) in [5.74, 6) is -0.893. The van der Waals surface area contributed by atoms with Gasteiger partial charge in [-0.1, -0.05) is 0 Å². The number of rotatable bonds is 7. The molecule has 0 fully saturated rings. The van der Waals surface area contributed by atoms with Crippen molar-refractivity contribution in [3.8, 4) is 0 Å². The number of hydrogen-bond acceptors (Lipinski definition) is 6. The quantitative estimate of drug-likeness (QED) is 0.422. The third-order valence-corrected chi connectivity index (χ3v) is 3.49. The first kappa shape index (κ1) is 18.9. The number of hydrogen-bond donors (Lipinski definition) is 1. The van der Waals surface area contributed by atoms with Crippen LogP contribution in [0.1, 0.15) is 12.5 Å². The molecule has 1 amide bonds. The van der Waals surface area contributed by atoms with Gasteiger partial charge in [0.1, 0.15) is 0 Å². The molecular weight excluding hydrogens is 367 g/mol. The van der Waals surface area contributed by atoms with E-state index in [0.717, 1.165) is 5.56 Å².